The van der Waals surface area contributed by atoms with E-state index in [1.165, 1.54) is 0 Å². The lowest BCUT2D eigenvalue weighted by molar-refractivity contribution is 0.501. The third-order valence-corrected chi connectivity index (χ3v) is 4.21. The molecule has 0 fully saturated rings. The average molecular weight is 261 g/mol. The third-order valence-electron chi connectivity index (χ3n) is 2.21. The summed E-state index contributed by atoms with van der Waals surface area (Å²) < 4.78 is 12.2. The molecule has 2 N–H and O–H groups in total. The highest BCUT2D eigenvalue weighted by Gasteiger charge is 2.22. The van der Waals surface area contributed by atoms with Gasteiger partial charge in [-0.2, -0.15) is 0 Å². The Hall–Kier alpha value is -1.99. The zero-order valence-corrected chi connectivity index (χ0v) is 10.4. The van der Waals surface area contributed by atoms with Crippen molar-refractivity contribution in [1.29, 1.82) is 5.41 Å². The van der Waals surface area contributed by atoms with Crippen molar-refractivity contribution >= 4 is 24.1 Å². The molecule has 5 heteroatoms. The maximum absolute atomic E-state index is 12.2. The summed E-state index contributed by atoms with van der Waals surface area (Å²) in [4.78, 5) is 18.4. The minimum atomic E-state index is -3.40. The minimum Gasteiger partial charge on any atom is -0.338 e. The highest BCUT2D eigenvalue weighted by molar-refractivity contribution is 7.73. The van der Waals surface area contributed by atoms with Gasteiger partial charge in [0.25, 0.3) is 7.37 Å². The quantitative estimate of drug-likeness (QED) is 0.491. The van der Waals surface area contributed by atoms with Crippen LogP contribution in [0.15, 0.2) is 60.7 Å². The van der Waals surface area contributed by atoms with Crippen LogP contribution >= 0.6 is 7.37 Å². The van der Waals surface area contributed by atoms with E-state index in [0.29, 0.717) is 10.6 Å². The van der Waals surface area contributed by atoms with Crippen LogP contribution in [0.5, 0.6) is 0 Å². The predicted octanol–water partition coefficient (Wildman–Crippen LogP) is 1.81. The van der Waals surface area contributed by atoms with Crippen LogP contribution in [0.1, 0.15) is 0 Å². The molecule has 0 heterocycles. The Morgan fingerprint density at radius 1 is 0.889 bits per heavy atom. The monoisotopic (exact) mass is 261 g/mol. The van der Waals surface area contributed by atoms with E-state index in [0.717, 1.165) is 6.08 Å². The molecular weight excluding hydrogens is 249 g/mol. The molecule has 0 saturated carbocycles. The van der Waals surface area contributed by atoms with Crippen molar-refractivity contribution in [2.75, 3.05) is 0 Å². The first-order valence-electron chi connectivity index (χ1n) is 5.11. The molecule has 0 amide bonds. The summed E-state index contributed by atoms with van der Waals surface area (Å²) in [5, 5.41) is 6.34. The molecule has 18 heavy (non-hydrogen) atoms. The van der Waals surface area contributed by atoms with Crippen LogP contribution in [-0.4, -0.2) is 11.0 Å². The van der Waals surface area contributed by atoms with Gasteiger partial charge < -0.3 is 4.89 Å². The van der Waals surface area contributed by atoms with Crippen LogP contribution < -0.4 is 10.6 Å². The molecule has 0 unspecified atom stereocenters. The molecule has 0 spiro atoms. The summed E-state index contributed by atoms with van der Waals surface area (Å²) in [7, 11) is -3.40. The van der Waals surface area contributed by atoms with Crippen LogP contribution in [0.4, 0.5) is 0 Å². The van der Waals surface area contributed by atoms with Gasteiger partial charge in [0.2, 0.25) is 6.08 Å². The molecule has 92 valence electrons. The number of rotatable bonds is 2. The maximum atomic E-state index is 12.2. The second-order valence-corrected chi connectivity index (χ2v) is 5.53. The molecule has 0 aliphatic carbocycles. The van der Waals surface area contributed by atoms with Crippen molar-refractivity contribution in [3.63, 3.8) is 0 Å². The Bertz CT molecular complexity index is 520. The second-order valence-electron chi connectivity index (χ2n) is 3.35. The predicted molar refractivity (Wildman–Crippen MR) is 70.4 cm³/mol. The normalized spacial score (nSPS) is 9.83. The topological polar surface area (TPSA) is 78.2 Å². The molecule has 0 aromatic heterocycles. The van der Waals surface area contributed by atoms with Gasteiger partial charge in [-0.25, -0.2) is 10.2 Å². The largest absolute Gasteiger partial charge is 0.338 e. The first kappa shape index (κ1) is 14.1. The summed E-state index contributed by atoms with van der Waals surface area (Å²) in [6.45, 7) is 0. The van der Waals surface area contributed by atoms with E-state index < -0.39 is 7.37 Å². The van der Waals surface area contributed by atoms with Gasteiger partial charge >= 0.3 is 0 Å². The van der Waals surface area contributed by atoms with Crippen LogP contribution in [0.3, 0.4) is 0 Å². The van der Waals surface area contributed by atoms with Gasteiger partial charge in [-0.1, -0.05) is 36.4 Å². The van der Waals surface area contributed by atoms with Gasteiger partial charge in [0.15, 0.2) is 0 Å². The van der Waals surface area contributed by atoms with Crippen LogP contribution in [0.25, 0.3) is 0 Å². The van der Waals surface area contributed by atoms with Crippen LogP contribution in [-0.2, 0) is 9.36 Å². The highest BCUT2D eigenvalue weighted by Crippen LogP contribution is 2.37. The van der Waals surface area contributed by atoms with Gasteiger partial charge in [0.1, 0.15) is 0 Å². The molecule has 0 radical (unpaired) electrons. The van der Waals surface area contributed by atoms with Crippen LogP contribution in [0.2, 0.25) is 0 Å². The zero-order valence-electron chi connectivity index (χ0n) is 9.48. The van der Waals surface area contributed by atoms with E-state index in [4.69, 9.17) is 10.2 Å². The van der Waals surface area contributed by atoms with Gasteiger partial charge in [-0.05, 0) is 24.3 Å². The Kier molecular flexibility index (Phi) is 5.22. The lowest BCUT2D eigenvalue weighted by atomic mass is 10.4. The zero-order chi connectivity index (χ0) is 13.4. The molecule has 4 nitrogen and oxygen atoms in total. The maximum Gasteiger partial charge on any atom is 0.258 e. The summed E-state index contributed by atoms with van der Waals surface area (Å²) >= 11 is 0. The smallest absolute Gasteiger partial charge is 0.258 e. The van der Waals surface area contributed by atoms with Gasteiger partial charge in [0.05, 0.1) is 0 Å². The van der Waals surface area contributed by atoms with E-state index in [1.54, 1.807) is 48.5 Å². The number of benzene rings is 2. The van der Waals surface area contributed by atoms with Gasteiger partial charge in [-0.3, -0.25) is 4.57 Å². The average Bonchev–Trinajstić information content (AvgIpc) is 2.42. The minimum absolute atomic E-state index is 0.469. The van der Waals surface area contributed by atoms with E-state index in [1.807, 2.05) is 12.1 Å². The third kappa shape index (κ3) is 3.51. The Balaban J connectivity index is 0.000000492. The second kappa shape index (κ2) is 6.67. The molecule has 0 saturated heterocycles. The van der Waals surface area contributed by atoms with E-state index in [9.17, 15) is 9.46 Å². The standard InChI is InChI=1S/C12H11O2P.CHNO/c13-15(14,11-7-3-1-4-8-11)12-9-5-2-6-10-12;2-1-3/h1-10H,(H,13,14);2H. The van der Waals surface area contributed by atoms with Gasteiger partial charge in [0, 0.05) is 10.6 Å². The summed E-state index contributed by atoms with van der Waals surface area (Å²) in [5.41, 5.74) is 0. The van der Waals surface area contributed by atoms with Crippen molar-refractivity contribution < 1.29 is 14.3 Å². The van der Waals surface area contributed by atoms with Crippen molar-refractivity contribution in [2.24, 2.45) is 0 Å². The summed E-state index contributed by atoms with van der Waals surface area (Å²) in [6, 6.07) is 17.4. The fourth-order valence-corrected chi connectivity index (χ4v) is 2.86. The van der Waals surface area contributed by atoms with Crippen LogP contribution in [0, 0.1) is 5.41 Å². The first-order valence-corrected chi connectivity index (χ1v) is 6.76. The fraction of sp³-hybridized carbons (Fsp3) is 0. The van der Waals surface area contributed by atoms with E-state index in [-0.39, 0.29) is 0 Å². The lowest BCUT2D eigenvalue weighted by Crippen LogP contribution is -2.14. The fourth-order valence-electron chi connectivity index (χ4n) is 1.41. The molecule has 2 aromatic carbocycles. The number of isocyanates is 1. The molecule has 0 atom stereocenters. The molecular formula is C13H12NO3P. The lowest BCUT2D eigenvalue weighted by Gasteiger charge is -2.11. The van der Waals surface area contributed by atoms with Crippen molar-refractivity contribution in [3.05, 3.63) is 60.7 Å². The Labute approximate surface area is 105 Å². The van der Waals surface area contributed by atoms with Crippen molar-refractivity contribution in [2.45, 2.75) is 0 Å². The Morgan fingerprint density at radius 2 is 1.17 bits per heavy atom. The molecule has 0 bridgehead atoms. The summed E-state index contributed by atoms with van der Waals surface area (Å²) in [5.74, 6) is 0. The van der Waals surface area contributed by atoms with Crippen molar-refractivity contribution in [3.8, 4) is 0 Å². The number of carbonyl (C=O) groups excluding carboxylic acids is 1. The first-order chi connectivity index (χ1) is 8.62. The van der Waals surface area contributed by atoms with Crippen molar-refractivity contribution in [1.82, 2.24) is 0 Å². The van der Waals surface area contributed by atoms with Gasteiger partial charge in [-0.15, -0.1) is 0 Å². The molecule has 0 aliphatic rings. The molecule has 2 rings (SSSR count). The number of hydrogen-bond donors (Lipinski definition) is 2. The Morgan fingerprint density at radius 3 is 1.44 bits per heavy atom. The highest BCUT2D eigenvalue weighted by atomic mass is 31.2. The summed E-state index contributed by atoms with van der Waals surface area (Å²) in [6.07, 6.45) is 0.750. The SMILES string of the molecule is N=C=O.O=P(O)(c1ccccc1)c1ccccc1. The molecule has 2 aromatic rings. The number of hydrogen-bond acceptors (Lipinski definition) is 3. The van der Waals surface area contributed by atoms with E-state index in [2.05, 4.69) is 0 Å². The van der Waals surface area contributed by atoms with E-state index >= 15 is 0 Å². The number of nitrogens with one attached hydrogen (secondary N) is 1. The molecule has 0 aliphatic heterocycles.